The van der Waals surface area contributed by atoms with Crippen molar-refractivity contribution in [1.82, 2.24) is 4.98 Å². The number of aromatic nitrogens is 1. The van der Waals surface area contributed by atoms with Crippen LogP contribution in [0.4, 0.5) is 5.69 Å². The number of rotatable bonds is 3. The zero-order valence-corrected chi connectivity index (χ0v) is 11.2. The van der Waals surface area contributed by atoms with Gasteiger partial charge in [-0.3, -0.25) is 4.79 Å². The fraction of sp³-hybridized carbons (Fsp3) is 0.133. The Labute approximate surface area is 117 Å². The van der Waals surface area contributed by atoms with Crippen LogP contribution in [-0.2, 0) is 0 Å². The van der Waals surface area contributed by atoms with E-state index < -0.39 is 0 Å². The Morgan fingerprint density at radius 3 is 2.75 bits per heavy atom. The molecule has 5 heteroatoms. The average Bonchev–Trinajstić information content (AvgIpc) is 2.53. The molecule has 0 bridgehead atoms. The van der Waals surface area contributed by atoms with E-state index >= 15 is 0 Å². The van der Waals surface area contributed by atoms with Gasteiger partial charge in [-0.25, -0.2) is 4.98 Å². The highest BCUT2D eigenvalue weighted by Crippen LogP contribution is 2.21. The number of carbonyl (C=O) groups excluding carboxylic acids is 1. The van der Waals surface area contributed by atoms with Crippen LogP contribution in [0.3, 0.4) is 0 Å². The number of hydrogen-bond donors (Lipinski definition) is 0. The smallest absolute Gasteiger partial charge is 0.259 e. The van der Waals surface area contributed by atoms with Crippen molar-refractivity contribution in [3.05, 3.63) is 53.9 Å². The summed E-state index contributed by atoms with van der Waals surface area (Å²) in [4.78, 5) is 17.7. The lowest BCUT2D eigenvalue weighted by Gasteiger charge is -2.17. The normalized spacial score (nSPS) is 9.65. The summed E-state index contributed by atoms with van der Waals surface area (Å²) in [5.41, 5.74) is 1.43. The maximum absolute atomic E-state index is 12.3. The SMILES string of the molecule is COc1cccc(N(C)C(=O)c2ccc(C#N)nc2)c1. The second-order valence-electron chi connectivity index (χ2n) is 4.11. The standard InChI is InChI=1S/C15H13N3O2/c1-18(13-4-3-5-14(8-13)20-2)15(19)11-6-7-12(9-16)17-10-11/h3-8,10H,1-2H3. The van der Waals surface area contributed by atoms with Gasteiger partial charge >= 0.3 is 0 Å². The lowest BCUT2D eigenvalue weighted by atomic mass is 10.2. The Balaban J connectivity index is 2.25. The molecule has 2 rings (SSSR count). The first kappa shape index (κ1) is 13.6. The molecule has 0 N–H and O–H groups in total. The number of methoxy groups -OCH3 is 1. The lowest BCUT2D eigenvalue weighted by molar-refractivity contribution is 0.0992. The van der Waals surface area contributed by atoms with E-state index in [0.29, 0.717) is 11.3 Å². The topological polar surface area (TPSA) is 66.2 Å². The van der Waals surface area contributed by atoms with Gasteiger partial charge in [-0.1, -0.05) is 6.07 Å². The minimum atomic E-state index is -0.199. The molecule has 0 unspecified atom stereocenters. The predicted molar refractivity (Wildman–Crippen MR) is 74.7 cm³/mol. The molecule has 2 aromatic rings. The molecule has 20 heavy (non-hydrogen) atoms. The number of carbonyl (C=O) groups is 1. The van der Waals surface area contributed by atoms with E-state index in [1.165, 1.54) is 17.2 Å². The van der Waals surface area contributed by atoms with Gasteiger partial charge in [-0.05, 0) is 24.3 Å². The fourth-order valence-corrected chi connectivity index (χ4v) is 1.72. The van der Waals surface area contributed by atoms with E-state index in [0.717, 1.165) is 5.69 Å². The first-order chi connectivity index (χ1) is 9.65. The predicted octanol–water partition coefficient (Wildman–Crippen LogP) is 2.24. The molecule has 5 nitrogen and oxygen atoms in total. The third-order valence-corrected chi connectivity index (χ3v) is 2.87. The summed E-state index contributed by atoms with van der Waals surface area (Å²) in [5.74, 6) is 0.482. The minimum absolute atomic E-state index is 0.199. The second kappa shape index (κ2) is 5.85. The van der Waals surface area contributed by atoms with E-state index in [-0.39, 0.29) is 11.6 Å². The summed E-state index contributed by atoms with van der Waals surface area (Å²) < 4.78 is 5.13. The van der Waals surface area contributed by atoms with Gasteiger partial charge in [0.25, 0.3) is 5.91 Å². The van der Waals surface area contributed by atoms with Gasteiger partial charge in [-0.2, -0.15) is 5.26 Å². The van der Waals surface area contributed by atoms with Gasteiger partial charge in [0.1, 0.15) is 17.5 Å². The van der Waals surface area contributed by atoms with Crippen LogP contribution in [0.5, 0.6) is 5.75 Å². The third kappa shape index (κ3) is 2.75. The molecule has 0 aliphatic rings. The van der Waals surface area contributed by atoms with E-state index in [9.17, 15) is 4.79 Å². The van der Waals surface area contributed by atoms with Crippen molar-refractivity contribution >= 4 is 11.6 Å². The van der Waals surface area contributed by atoms with Crippen LogP contribution in [0.15, 0.2) is 42.6 Å². The lowest BCUT2D eigenvalue weighted by Crippen LogP contribution is -2.26. The van der Waals surface area contributed by atoms with E-state index in [1.807, 2.05) is 24.3 Å². The number of benzene rings is 1. The number of pyridine rings is 1. The molecular weight excluding hydrogens is 254 g/mol. The Bertz CT molecular complexity index is 660. The zero-order valence-electron chi connectivity index (χ0n) is 11.2. The van der Waals surface area contributed by atoms with Crippen LogP contribution in [-0.4, -0.2) is 25.0 Å². The number of amides is 1. The number of nitriles is 1. The van der Waals surface area contributed by atoms with Crippen LogP contribution in [0, 0.1) is 11.3 Å². The second-order valence-corrected chi connectivity index (χ2v) is 4.11. The molecule has 0 spiro atoms. The van der Waals surface area contributed by atoms with Crippen molar-refractivity contribution in [3.8, 4) is 11.8 Å². The fourth-order valence-electron chi connectivity index (χ4n) is 1.72. The van der Waals surface area contributed by atoms with Crippen molar-refractivity contribution in [2.24, 2.45) is 0 Å². The van der Waals surface area contributed by atoms with Gasteiger partial charge in [0.05, 0.1) is 12.7 Å². The quantitative estimate of drug-likeness (QED) is 0.855. The summed E-state index contributed by atoms with van der Waals surface area (Å²) in [5, 5.41) is 8.69. The minimum Gasteiger partial charge on any atom is -0.497 e. The van der Waals surface area contributed by atoms with Gasteiger partial charge in [0, 0.05) is 25.0 Å². The molecule has 100 valence electrons. The van der Waals surface area contributed by atoms with Gasteiger partial charge < -0.3 is 9.64 Å². The van der Waals surface area contributed by atoms with Crippen LogP contribution in [0.1, 0.15) is 16.1 Å². The zero-order chi connectivity index (χ0) is 14.5. The monoisotopic (exact) mass is 267 g/mol. The van der Waals surface area contributed by atoms with Crippen molar-refractivity contribution < 1.29 is 9.53 Å². The maximum atomic E-state index is 12.3. The largest absolute Gasteiger partial charge is 0.497 e. The Kier molecular flexibility index (Phi) is 3.96. The van der Waals surface area contributed by atoms with Crippen LogP contribution < -0.4 is 9.64 Å². The Hall–Kier alpha value is -2.87. The summed E-state index contributed by atoms with van der Waals surface area (Å²) >= 11 is 0. The molecule has 1 amide bonds. The summed E-state index contributed by atoms with van der Waals surface area (Å²) in [6, 6.07) is 12.2. The summed E-state index contributed by atoms with van der Waals surface area (Å²) in [7, 11) is 3.25. The van der Waals surface area contributed by atoms with E-state index in [4.69, 9.17) is 10.00 Å². The number of ether oxygens (including phenoxy) is 1. The molecule has 0 atom stereocenters. The molecule has 0 saturated heterocycles. The van der Waals surface area contributed by atoms with Gasteiger partial charge in [0.15, 0.2) is 0 Å². The summed E-state index contributed by atoms with van der Waals surface area (Å²) in [6.45, 7) is 0. The van der Waals surface area contributed by atoms with E-state index in [1.54, 1.807) is 26.3 Å². The number of anilines is 1. The van der Waals surface area contributed by atoms with Crippen molar-refractivity contribution in [3.63, 3.8) is 0 Å². The van der Waals surface area contributed by atoms with Crippen molar-refractivity contribution in [1.29, 1.82) is 5.26 Å². The molecule has 0 saturated carbocycles. The Morgan fingerprint density at radius 2 is 2.15 bits per heavy atom. The van der Waals surface area contributed by atoms with Crippen molar-refractivity contribution in [2.45, 2.75) is 0 Å². The van der Waals surface area contributed by atoms with Crippen LogP contribution in [0.25, 0.3) is 0 Å². The molecular formula is C15H13N3O2. The first-order valence-corrected chi connectivity index (χ1v) is 5.94. The first-order valence-electron chi connectivity index (χ1n) is 5.94. The number of nitrogens with zero attached hydrogens (tertiary/aromatic N) is 3. The molecule has 1 aromatic carbocycles. The molecule has 0 aliphatic heterocycles. The summed E-state index contributed by atoms with van der Waals surface area (Å²) in [6.07, 6.45) is 1.40. The highest BCUT2D eigenvalue weighted by Gasteiger charge is 2.14. The van der Waals surface area contributed by atoms with Gasteiger partial charge in [0.2, 0.25) is 0 Å². The molecule has 0 radical (unpaired) electrons. The number of hydrogen-bond acceptors (Lipinski definition) is 4. The highest BCUT2D eigenvalue weighted by atomic mass is 16.5. The van der Waals surface area contributed by atoms with Gasteiger partial charge in [-0.15, -0.1) is 0 Å². The van der Waals surface area contributed by atoms with Crippen molar-refractivity contribution in [2.75, 3.05) is 19.1 Å². The molecule has 1 aromatic heterocycles. The van der Waals surface area contributed by atoms with Crippen LogP contribution >= 0.6 is 0 Å². The highest BCUT2D eigenvalue weighted by molar-refractivity contribution is 6.05. The maximum Gasteiger partial charge on any atom is 0.259 e. The third-order valence-electron chi connectivity index (χ3n) is 2.87. The average molecular weight is 267 g/mol. The van der Waals surface area contributed by atoms with Crippen LogP contribution in [0.2, 0.25) is 0 Å². The Morgan fingerprint density at radius 1 is 1.35 bits per heavy atom. The molecule has 0 fully saturated rings. The molecule has 1 heterocycles. The molecule has 0 aliphatic carbocycles. The van der Waals surface area contributed by atoms with E-state index in [2.05, 4.69) is 4.98 Å².